The van der Waals surface area contributed by atoms with E-state index in [-0.39, 0.29) is 11.4 Å². The second-order valence-electron chi connectivity index (χ2n) is 4.14. The van der Waals surface area contributed by atoms with Crippen LogP contribution in [0.5, 0.6) is 5.75 Å². The van der Waals surface area contributed by atoms with Crippen molar-refractivity contribution in [1.29, 1.82) is 0 Å². The zero-order chi connectivity index (χ0) is 14.7. The fourth-order valence-electron chi connectivity index (χ4n) is 1.44. The highest BCUT2D eigenvalue weighted by molar-refractivity contribution is 7.92. The van der Waals surface area contributed by atoms with Gasteiger partial charge in [0, 0.05) is 6.42 Å². The molecule has 0 saturated heterocycles. The van der Waals surface area contributed by atoms with Crippen molar-refractivity contribution in [2.24, 2.45) is 0 Å². The Morgan fingerprint density at radius 3 is 2.47 bits per heavy atom. The van der Waals surface area contributed by atoms with Gasteiger partial charge in [-0.25, -0.2) is 8.42 Å². The molecule has 0 amide bonds. The van der Waals surface area contributed by atoms with E-state index in [1.54, 1.807) is 6.92 Å². The number of benzene rings is 1. The summed E-state index contributed by atoms with van der Waals surface area (Å²) in [6, 6.07) is 4.00. The molecule has 0 aliphatic heterocycles. The molecule has 0 unspecified atom stereocenters. The van der Waals surface area contributed by atoms with Gasteiger partial charge in [0.25, 0.3) is 0 Å². The van der Waals surface area contributed by atoms with E-state index < -0.39 is 34.8 Å². The lowest BCUT2D eigenvalue weighted by molar-refractivity contribution is -0.134. The number of hydrogen-bond acceptors (Lipinski definition) is 3. The average Bonchev–Trinajstić information content (AvgIpc) is 2.20. The van der Waals surface area contributed by atoms with Crippen LogP contribution in [0.2, 0.25) is 0 Å². The van der Waals surface area contributed by atoms with Crippen molar-refractivity contribution in [1.82, 2.24) is 0 Å². The van der Waals surface area contributed by atoms with E-state index in [4.69, 9.17) is 5.11 Å². The Labute approximate surface area is 109 Å². The van der Waals surface area contributed by atoms with Crippen molar-refractivity contribution in [2.45, 2.75) is 25.9 Å². The number of halogens is 3. The van der Waals surface area contributed by atoms with E-state index in [0.717, 1.165) is 0 Å². The highest BCUT2D eigenvalue weighted by Crippen LogP contribution is 2.23. The van der Waals surface area contributed by atoms with E-state index in [9.17, 15) is 21.6 Å². The molecule has 108 valence electrons. The minimum atomic E-state index is -4.36. The molecule has 0 saturated carbocycles. The second kappa shape index (κ2) is 5.68. The van der Waals surface area contributed by atoms with Crippen molar-refractivity contribution in [2.75, 3.05) is 10.5 Å². The summed E-state index contributed by atoms with van der Waals surface area (Å²) in [4.78, 5) is 0. The zero-order valence-electron chi connectivity index (χ0n) is 10.2. The van der Waals surface area contributed by atoms with Crippen LogP contribution in [-0.4, -0.2) is 25.5 Å². The Morgan fingerprint density at radius 1 is 1.32 bits per heavy atom. The summed E-state index contributed by atoms with van der Waals surface area (Å²) in [5.74, 6) is -0.621. The van der Waals surface area contributed by atoms with Crippen molar-refractivity contribution >= 4 is 15.7 Å². The SMILES string of the molecule is Cc1cc(O)ccc1NS(=O)(=O)CCCC(F)(F)F. The van der Waals surface area contributed by atoms with Crippen LogP contribution in [-0.2, 0) is 10.0 Å². The summed E-state index contributed by atoms with van der Waals surface area (Å²) in [6.07, 6.45) is -5.98. The van der Waals surface area contributed by atoms with Crippen LogP contribution >= 0.6 is 0 Å². The number of nitrogens with one attached hydrogen (secondary N) is 1. The highest BCUT2D eigenvalue weighted by atomic mass is 32.2. The van der Waals surface area contributed by atoms with Crippen LogP contribution in [0, 0.1) is 6.92 Å². The Hall–Kier alpha value is -1.44. The lowest BCUT2D eigenvalue weighted by Gasteiger charge is -2.11. The van der Waals surface area contributed by atoms with E-state index in [2.05, 4.69) is 4.72 Å². The molecule has 1 aromatic rings. The van der Waals surface area contributed by atoms with Gasteiger partial charge in [0.05, 0.1) is 11.4 Å². The van der Waals surface area contributed by atoms with Crippen LogP contribution in [0.3, 0.4) is 0 Å². The third kappa shape index (κ3) is 5.82. The van der Waals surface area contributed by atoms with Gasteiger partial charge in [0.15, 0.2) is 0 Å². The average molecular weight is 297 g/mol. The lowest BCUT2D eigenvalue weighted by Crippen LogP contribution is -2.19. The van der Waals surface area contributed by atoms with Gasteiger partial charge in [-0.15, -0.1) is 0 Å². The van der Waals surface area contributed by atoms with Crippen molar-refractivity contribution in [3.8, 4) is 5.75 Å². The van der Waals surface area contributed by atoms with Crippen molar-refractivity contribution in [3.63, 3.8) is 0 Å². The van der Waals surface area contributed by atoms with E-state index in [1.165, 1.54) is 18.2 Å². The van der Waals surface area contributed by atoms with Gasteiger partial charge < -0.3 is 5.11 Å². The van der Waals surface area contributed by atoms with Gasteiger partial charge in [-0.05, 0) is 37.1 Å². The molecular weight excluding hydrogens is 283 g/mol. The van der Waals surface area contributed by atoms with E-state index in [0.29, 0.717) is 5.56 Å². The minimum Gasteiger partial charge on any atom is -0.508 e. The fourth-order valence-corrected chi connectivity index (χ4v) is 2.63. The first kappa shape index (κ1) is 15.6. The van der Waals surface area contributed by atoms with Crippen molar-refractivity contribution in [3.05, 3.63) is 23.8 Å². The largest absolute Gasteiger partial charge is 0.508 e. The molecule has 19 heavy (non-hydrogen) atoms. The lowest BCUT2D eigenvalue weighted by atomic mass is 10.2. The number of phenolic OH excluding ortho intramolecular Hbond substituents is 1. The molecule has 0 radical (unpaired) electrons. The topological polar surface area (TPSA) is 66.4 Å². The molecule has 1 rings (SSSR count). The highest BCUT2D eigenvalue weighted by Gasteiger charge is 2.27. The van der Waals surface area contributed by atoms with E-state index in [1.807, 2.05) is 0 Å². The summed E-state index contributed by atoms with van der Waals surface area (Å²) in [7, 11) is -3.82. The fraction of sp³-hybridized carbons (Fsp3) is 0.455. The Bertz CT molecular complexity index is 541. The molecular formula is C11H14F3NO3S. The Balaban J connectivity index is 2.64. The number of anilines is 1. The van der Waals surface area contributed by atoms with Gasteiger partial charge in [-0.2, -0.15) is 13.2 Å². The predicted molar refractivity (Wildman–Crippen MR) is 65.5 cm³/mol. The molecule has 0 atom stereocenters. The first-order valence-electron chi connectivity index (χ1n) is 5.46. The molecule has 0 aromatic heterocycles. The molecule has 0 aliphatic carbocycles. The number of rotatable bonds is 5. The van der Waals surface area contributed by atoms with Crippen LogP contribution in [0.15, 0.2) is 18.2 Å². The maximum Gasteiger partial charge on any atom is 0.389 e. The maximum atomic E-state index is 11.9. The molecule has 0 aliphatic rings. The monoisotopic (exact) mass is 297 g/mol. The number of sulfonamides is 1. The summed E-state index contributed by atoms with van der Waals surface area (Å²) in [5, 5.41) is 9.16. The standard InChI is InChI=1S/C11H14F3NO3S/c1-8-7-9(16)3-4-10(8)15-19(17,18)6-2-5-11(12,13)14/h3-4,7,15-16H,2,5-6H2,1H3. The van der Waals surface area contributed by atoms with Crippen LogP contribution in [0.25, 0.3) is 0 Å². The first-order chi connectivity index (χ1) is 8.59. The summed E-state index contributed by atoms with van der Waals surface area (Å²) in [6.45, 7) is 1.58. The molecule has 0 heterocycles. The number of aromatic hydroxyl groups is 1. The van der Waals surface area contributed by atoms with E-state index >= 15 is 0 Å². The third-order valence-electron chi connectivity index (χ3n) is 2.35. The molecule has 2 N–H and O–H groups in total. The molecule has 8 heteroatoms. The third-order valence-corrected chi connectivity index (χ3v) is 3.71. The van der Waals surface area contributed by atoms with Gasteiger partial charge >= 0.3 is 6.18 Å². The molecule has 1 aromatic carbocycles. The minimum absolute atomic E-state index is 0.0162. The normalized spacial score (nSPS) is 12.4. The molecule has 0 spiro atoms. The quantitative estimate of drug-likeness (QED) is 0.821. The predicted octanol–water partition coefficient (Wildman–Crippen LogP) is 2.78. The Kier molecular flexibility index (Phi) is 4.67. The van der Waals surface area contributed by atoms with Gasteiger partial charge in [-0.1, -0.05) is 0 Å². The van der Waals surface area contributed by atoms with Gasteiger partial charge in [-0.3, -0.25) is 4.72 Å². The van der Waals surface area contributed by atoms with Crippen LogP contribution in [0.1, 0.15) is 18.4 Å². The van der Waals surface area contributed by atoms with Gasteiger partial charge in [0.2, 0.25) is 10.0 Å². The molecule has 4 nitrogen and oxygen atoms in total. The van der Waals surface area contributed by atoms with Crippen LogP contribution < -0.4 is 4.72 Å². The number of aryl methyl sites for hydroxylation is 1. The number of phenols is 1. The van der Waals surface area contributed by atoms with Crippen molar-refractivity contribution < 1.29 is 26.7 Å². The molecule has 0 bridgehead atoms. The second-order valence-corrected chi connectivity index (χ2v) is 5.98. The smallest absolute Gasteiger partial charge is 0.389 e. The van der Waals surface area contributed by atoms with Crippen LogP contribution in [0.4, 0.5) is 18.9 Å². The number of hydrogen-bond donors (Lipinski definition) is 2. The first-order valence-corrected chi connectivity index (χ1v) is 7.11. The zero-order valence-corrected chi connectivity index (χ0v) is 11.0. The van der Waals surface area contributed by atoms with Gasteiger partial charge in [0.1, 0.15) is 5.75 Å². The maximum absolute atomic E-state index is 11.9. The number of alkyl halides is 3. The summed E-state index contributed by atoms with van der Waals surface area (Å²) < 4.78 is 61.1. The summed E-state index contributed by atoms with van der Waals surface area (Å²) >= 11 is 0. The Morgan fingerprint density at radius 2 is 1.95 bits per heavy atom. The summed E-state index contributed by atoms with van der Waals surface area (Å²) in [5.41, 5.74) is 0.726. The molecule has 0 fully saturated rings.